The van der Waals surface area contributed by atoms with Gasteiger partial charge < -0.3 is 21.1 Å². The topological polar surface area (TPSA) is 147 Å². The van der Waals surface area contributed by atoms with Crippen LogP contribution in [-0.4, -0.2) is 49.4 Å². The van der Waals surface area contributed by atoms with Crippen molar-refractivity contribution < 1.29 is 27.6 Å². The minimum absolute atomic E-state index is 0.00336. The smallest absolute Gasteiger partial charge is 0.396 e. The summed E-state index contributed by atoms with van der Waals surface area (Å²) >= 11 is 0. The molecule has 0 aliphatic heterocycles. The van der Waals surface area contributed by atoms with Crippen LogP contribution in [0.25, 0.3) is 11.3 Å². The van der Waals surface area contributed by atoms with E-state index in [-0.39, 0.29) is 32.4 Å². The second-order valence-corrected chi connectivity index (χ2v) is 9.00. The van der Waals surface area contributed by atoms with Gasteiger partial charge in [0.2, 0.25) is 5.95 Å². The van der Waals surface area contributed by atoms with Gasteiger partial charge in [0, 0.05) is 43.8 Å². The fourth-order valence-corrected chi connectivity index (χ4v) is 3.99. The van der Waals surface area contributed by atoms with E-state index in [1.807, 2.05) is 0 Å². The quantitative estimate of drug-likeness (QED) is 0.187. The Morgan fingerprint density at radius 2 is 1.85 bits per heavy atom. The van der Waals surface area contributed by atoms with E-state index in [1.54, 1.807) is 41.2 Å². The number of pyridine rings is 1. The number of benzene rings is 1. The molecule has 11 nitrogen and oxygen atoms in total. The van der Waals surface area contributed by atoms with E-state index in [1.165, 1.54) is 19.3 Å². The van der Waals surface area contributed by atoms with Gasteiger partial charge in [-0.1, -0.05) is 12.1 Å². The molecule has 3 heterocycles. The van der Waals surface area contributed by atoms with E-state index in [0.29, 0.717) is 42.3 Å². The number of hydrogen-bond donors (Lipinski definition) is 4. The maximum absolute atomic E-state index is 13.8. The number of hydrogen-bond acceptors (Lipinski definition) is 9. The van der Waals surface area contributed by atoms with Crippen LogP contribution in [0.1, 0.15) is 28.0 Å². The molecule has 0 saturated heterocycles. The number of halogens is 3. The van der Waals surface area contributed by atoms with Crippen LogP contribution >= 0.6 is 8.46 Å². The molecule has 4 aromatic rings. The van der Waals surface area contributed by atoms with Crippen LogP contribution in [0.4, 0.5) is 36.3 Å². The molecule has 0 spiro atoms. The molecule has 1 amide bonds. The number of amides is 1. The molecule has 3 aromatic heterocycles. The van der Waals surface area contributed by atoms with Crippen LogP contribution in [0.15, 0.2) is 55.0 Å². The van der Waals surface area contributed by atoms with Gasteiger partial charge in [-0.15, -0.1) is 0 Å². The van der Waals surface area contributed by atoms with Crippen molar-refractivity contribution in [1.82, 2.24) is 30.0 Å². The Hall–Kier alpha value is -4.42. The van der Waals surface area contributed by atoms with Gasteiger partial charge >= 0.3 is 6.18 Å². The van der Waals surface area contributed by atoms with Crippen LogP contribution in [0.3, 0.4) is 0 Å². The summed E-state index contributed by atoms with van der Waals surface area (Å²) in [4.78, 5) is 24.9. The van der Waals surface area contributed by atoms with Gasteiger partial charge in [-0.25, -0.2) is 9.97 Å². The summed E-state index contributed by atoms with van der Waals surface area (Å²) in [7, 11) is 1.35. The van der Waals surface area contributed by atoms with E-state index in [4.69, 9.17) is 5.11 Å². The number of anilines is 4. The zero-order valence-corrected chi connectivity index (χ0v) is 22.0. The fourth-order valence-electron chi connectivity index (χ4n) is 3.63. The molecule has 0 bridgehead atoms. The van der Waals surface area contributed by atoms with Crippen LogP contribution in [0.2, 0.25) is 0 Å². The SMILES string of the molecule is CNC(=O)c1nc(-c2cnn(CCCO)c2)ccc1Nc1nc(Nc2ccc(CP=O)cc2)ncc1C(F)(F)F. The Bertz CT molecular complexity index is 1500. The highest BCUT2D eigenvalue weighted by atomic mass is 31.1. The Morgan fingerprint density at radius 3 is 2.52 bits per heavy atom. The Morgan fingerprint density at radius 1 is 1.07 bits per heavy atom. The summed E-state index contributed by atoms with van der Waals surface area (Å²) in [5.74, 6) is -1.33. The number of carbonyl (C=O) groups is 1. The lowest BCUT2D eigenvalue weighted by atomic mass is 10.1. The Labute approximate surface area is 228 Å². The third kappa shape index (κ3) is 6.96. The van der Waals surface area contributed by atoms with Crippen molar-refractivity contribution in [3.63, 3.8) is 0 Å². The highest BCUT2D eigenvalue weighted by Gasteiger charge is 2.36. The molecule has 0 saturated carbocycles. The van der Waals surface area contributed by atoms with Crippen molar-refractivity contribution in [3.8, 4) is 11.3 Å². The van der Waals surface area contributed by atoms with Crippen molar-refractivity contribution in [2.45, 2.75) is 25.3 Å². The minimum Gasteiger partial charge on any atom is -0.396 e. The third-order valence-electron chi connectivity index (χ3n) is 5.62. The zero-order valence-electron chi connectivity index (χ0n) is 21.1. The first-order valence-corrected chi connectivity index (χ1v) is 12.9. The number of aromatic nitrogens is 5. The molecule has 208 valence electrons. The van der Waals surface area contributed by atoms with E-state index in [0.717, 1.165) is 5.56 Å². The second-order valence-electron chi connectivity index (χ2n) is 8.43. The molecular formula is C25H24F3N8O3P. The average Bonchev–Trinajstić information content (AvgIpc) is 3.41. The maximum Gasteiger partial charge on any atom is 0.421 e. The first kappa shape index (κ1) is 28.6. The molecule has 1 aromatic carbocycles. The predicted octanol–water partition coefficient (Wildman–Crippen LogP) is 4.77. The lowest BCUT2D eigenvalue weighted by Crippen LogP contribution is -2.21. The van der Waals surface area contributed by atoms with Gasteiger partial charge in [0.05, 0.1) is 23.7 Å². The Kier molecular flexibility index (Phi) is 9.02. The van der Waals surface area contributed by atoms with Gasteiger partial charge in [0.1, 0.15) is 11.4 Å². The highest BCUT2D eigenvalue weighted by molar-refractivity contribution is 7.22. The van der Waals surface area contributed by atoms with Crippen molar-refractivity contribution in [3.05, 3.63) is 71.8 Å². The molecule has 0 atom stereocenters. The van der Waals surface area contributed by atoms with Gasteiger partial charge in [-0.3, -0.25) is 14.0 Å². The fraction of sp³-hybridized carbons (Fsp3) is 0.240. The van der Waals surface area contributed by atoms with Crippen molar-refractivity contribution in [2.75, 3.05) is 24.3 Å². The number of nitrogens with zero attached hydrogens (tertiary/aromatic N) is 5. The lowest BCUT2D eigenvalue weighted by molar-refractivity contribution is -0.137. The first-order chi connectivity index (χ1) is 19.2. The van der Waals surface area contributed by atoms with Crippen LogP contribution < -0.4 is 16.0 Å². The monoisotopic (exact) mass is 572 g/mol. The number of aryl methyl sites for hydroxylation is 1. The molecule has 0 aliphatic rings. The highest BCUT2D eigenvalue weighted by Crippen LogP contribution is 2.36. The van der Waals surface area contributed by atoms with Crippen LogP contribution in [0, 0.1) is 0 Å². The molecule has 15 heteroatoms. The largest absolute Gasteiger partial charge is 0.421 e. The second kappa shape index (κ2) is 12.6. The van der Waals surface area contributed by atoms with Crippen LogP contribution in [0.5, 0.6) is 0 Å². The van der Waals surface area contributed by atoms with Crippen molar-refractivity contribution in [2.24, 2.45) is 0 Å². The average molecular weight is 572 g/mol. The molecule has 0 aliphatic carbocycles. The number of aliphatic hydroxyl groups is 1. The molecule has 4 N–H and O–H groups in total. The number of rotatable bonds is 11. The summed E-state index contributed by atoms with van der Waals surface area (Å²) in [6.45, 7) is 0.482. The van der Waals surface area contributed by atoms with Crippen LogP contribution in [-0.2, 0) is 23.4 Å². The molecule has 4 rings (SSSR count). The summed E-state index contributed by atoms with van der Waals surface area (Å²) in [5, 5.41) is 21.1. The summed E-state index contributed by atoms with van der Waals surface area (Å²) < 4.78 is 53.9. The third-order valence-corrected chi connectivity index (χ3v) is 6.11. The lowest BCUT2D eigenvalue weighted by Gasteiger charge is -2.16. The zero-order chi connectivity index (χ0) is 28.7. The number of nitrogens with one attached hydrogen (secondary N) is 3. The van der Waals surface area contributed by atoms with Gasteiger partial charge in [-0.05, 0) is 36.2 Å². The van der Waals surface area contributed by atoms with Gasteiger partial charge in [-0.2, -0.15) is 23.3 Å². The van der Waals surface area contributed by atoms with Gasteiger partial charge in [0.15, 0.2) is 14.2 Å². The number of alkyl halides is 3. The number of carbonyl (C=O) groups excluding carboxylic acids is 1. The van der Waals surface area contributed by atoms with E-state index < -0.39 is 23.5 Å². The Balaban J connectivity index is 1.67. The summed E-state index contributed by atoms with van der Waals surface area (Å²) in [5.41, 5.74) is 0.978. The normalized spacial score (nSPS) is 11.4. The van der Waals surface area contributed by atoms with E-state index >= 15 is 0 Å². The molecule has 0 fully saturated rings. The molecule has 40 heavy (non-hydrogen) atoms. The van der Waals surface area contributed by atoms with E-state index in [2.05, 4.69) is 36.0 Å². The summed E-state index contributed by atoms with van der Waals surface area (Å²) in [6, 6.07) is 9.73. The molecule has 0 radical (unpaired) electrons. The van der Waals surface area contributed by atoms with Crippen molar-refractivity contribution >= 4 is 37.5 Å². The first-order valence-electron chi connectivity index (χ1n) is 11.9. The minimum atomic E-state index is -4.79. The van der Waals surface area contributed by atoms with E-state index in [9.17, 15) is 22.5 Å². The predicted molar refractivity (Wildman–Crippen MR) is 142 cm³/mol. The molecular weight excluding hydrogens is 548 g/mol. The summed E-state index contributed by atoms with van der Waals surface area (Å²) in [6.07, 6.45) is -0.0797. The van der Waals surface area contributed by atoms with Gasteiger partial charge in [0.25, 0.3) is 5.91 Å². The van der Waals surface area contributed by atoms with Crippen molar-refractivity contribution in [1.29, 1.82) is 0 Å². The standard InChI is InChI=1S/C25H24F3N8O3P/c1-29-23(38)21-20(8-7-19(33-21)16-11-31-36(13-16)9-2-10-37)34-22-18(25(26,27)28)12-30-24(35-22)32-17-5-3-15(4-6-17)14-40-39/h3-8,11-13,37H,2,9-10,14H2,1H3,(H,29,38)(H2,30,32,34,35). The number of aliphatic hydroxyl groups excluding tert-OH is 1. The maximum atomic E-state index is 13.8. The molecule has 0 unspecified atom stereocenters.